The second-order valence-electron chi connectivity index (χ2n) is 3.99. The van der Waals surface area contributed by atoms with Crippen molar-refractivity contribution in [2.45, 2.75) is 13.5 Å². The first kappa shape index (κ1) is 9.67. The van der Waals surface area contributed by atoms with Crippen LogP contribution in [0.4, 0.5) is 0 Å². The zero-order chi connectivity index (χ0) is 11.1. The van der Waals surface area contributed by atoms with Crippen molar-refractivity contribution < 1.29 is 4.42 Å². The first-order valence-corrected chi connectivity index (χ1v) is 6.90. The Balaban J connectivity index is 2.55. The predicted octanol–water partition coefficient (Wildman–Crippen LogP) is 3.27. The van der Waals surface area contributed by atoms with Gasteiger partial charge in [-0.15, -0.1) is 0 Å². The Morgan fingerprint density at radius 3 is 2.38 bits per heavy atom. The number of hydrogen-bond acceptors (Lipinski definition) is 1. The van der Waals surface area contributed by atoms with E-state index in [2.05, 4.69) is 49.9 Å². The fraction of sp³-hybridized carbons (Fsp3) is 0.143. The molecule has 0 N–H and O–H groups in total. The highest BCUT2D eigenvalue weighted by atomic mass is 28.2. The highest BCUT2D eigenvalue weighted by molar-refractivity contribution is 6.55. The lowest BCUT2D eigenvalue weighted by molar-refractivity contribution is 0.668. The molecule has 0 aliphatic rings. The van der Waals surface area contributed by atoms with Gasteiger partial charge in [-0.3, -0.25) is 0 Å². The van der Waals surface area contributed by atoms with Crippen LogP contribution in [0, 0.1) is 6.92 Å². The minimum Gasteiger partial charge on any atom is -0.456 e. The number of rotatable bonds is 1. The van der Waals surface area contributed by atoms with E-state index in [1.807, 2.05) is 0 Å². The van der Waals surface area contributed by atoms with Gasteiger partial charge in [-0.2, -0.15) is 0 Å². The summed E-state index contributed by atoms with van der Waals surface area (Å²) in [5.41, 5.74) is 3.30. The molecule has 3 aromatic rings. The van der Waals surface area contributed by atoms with E-state index in [4.69, 9.17) is 4.42 Å². The molecule has 2 radical (unpaired) electrons. The van der Waals surface area contributed by atoms with Crippen LogP contribution in [0.3, 0.4) is 0 Å². The van der Waals surface area contributed by atoms with Gasteiger partial charge in [-0.05, 0) is 17.7 Å². The zero-order valence-corrected chi connectivity index (χ0v) is 10.4. The molecular weight excluding hydrogens is 212 g/mol. The molecule has 3 rings (SSSR count). The fourth-order valence-corrected chi connectivity index (χ4v) is 2.83. The van der Waals surface area contributed by atoms with Crippen molar-refractivity contribution in [2.24, 2.45) is 0 Å². The van der Waals surface area contributed by atoms with E-state index in [1.54, 1.807) is 0 Å². The lowest BCUT2D eigenvalue weighted by atomic mass is 10.1. The van der Waals surface area contributed by atoms with E-state index in [0.717, 1.165) is 20.7 Å². The number of fused-ring (bicyclic) bond motifs is 3. The van der Waals surface area contributed by atoms with E-state index < -0.39 is 0 Å². The molecule has 2 aromatic carbocycles. The third-order valence-electron chi connectivity index (χ3n) is 2.99. The SMILES string of the molecule is C[Si]c1cccc2c1oc1c(C)cccc12. The third kappa shape index (κ3) is 1.23. The van der Waals surface area contributed by atoms with Crippen LogP contribution in [0.2, 0.25) is 6.55 Å². The van der Waals surface area contributed by atoms with Crippen molar-refractivity contribution in [2.75, 3.05) is 0 Å². The lowest BCUT2D eigenvalue weighted by Crippen LogP contribution is -2.09. The van der Waals surface area contributed by atoms with Crippen LogP contribution in [-0.4, -0.2) is 9.52 Å². The Kier molecular flexibility index (Phi) is 2.11. The molecule has 0 aliphatic heterocycles. The van der Waals surface area contributed by atoms with Gasteiger partial charge in [0.05, 0.1) is 9.52 Å². The maximum atomic E-state index is 6.01. The quantitative estimate of drug-likeness (QED) is 0.578. The molecule has 1 nitrogen and oxygen atoms in total. The van der Waals surface area contributed by atoms with Crippen molar-refractivity contribution >= 4 is 36.6 Å². The van der Waals surface area contributed by atoms with Crippen molar-refractivity contribution in [3.8, 4) is 0 Å². The maximum Gasteiger partial charge on any atom is 0.138 e. The van der Waals surface area contributed by atoms with Gasteiger partial charge in [0.1, 0.15) is 11.2 Å². The molecule has 1 aromatic heterocycles. The molecule has 0 atom stereocenters. The van der Waals surface area contributed by atoms with Crippen LogP contribution in [-0.2, 0) is 0 Å². The molecule has 16 heavy (non-hydrogen) atoms. The Labute approximate surface area is 96.9 Å². The topological polar surface area (TPSA) is 13.1 Å². The molecule has 2 heteroatoms. The highest BCUT2D eigenvalue weighted by Crippen LogP contribution is 2.29. The van der Waals surface area contributed by atoms with Gasteiger partial charge in [0, 0.05) is 10.8 Å². The molecule has 0 spiro atoms. The number of aryl methyl sites for hydroxylation is 1. The van der Waals surface area contributed by atoms with Gasteiger partial charge in [0.25, 0.3) is 0 Å². The molecule has 0 bridgehead atoms. The Bertz CT molecular complexity index is 667. The largest absolute Gasteiger partial charge is 0.456 e. The van der Waals surface area contributed by atoms with Gasteiger partial charge >= 0.3 is 0 Å². The highest BCUT2D eigenvalue weighted by Gasteiger charge is 2.10. The Morgan fingerprint density at radius 2 is 1.62 bits per heavy atom. The number of furan rings is 1. The van der Waals surface area contributed by atoms with Gasteiger partial charge in [0.15, 0.2) is 0 Å². The Hall–Kier alpha value is -1.54. The average Bonchev–Trinajstić information content (AvgIpc) is 2.69. The second-order valence-corrected chi connectivity index (χ2v) is 5.02. The summed E-state index contributed by atoms with van der Waals surface area (Å²) in [7, 11) is 0.772. The standard InChI is InChI=1S/C14H12OSi/c1-9-5-3-6-10-11-7-4-8-12(16-2)14(11)15-13(9)10/h3-8H,1-2H3. The van der Waals surface area contributed by atoms with Crippen LogP contribution >= 0.6 is 0 Å². The van der Waals surface area contributed by atoms with Crippen LogP contribution < -0.4 is 5.19 Å². The van der Waals surface area contributed by atoms with E-state index in [0.29, 0.717) is 0 Å². The van der Waals surface area contributed by atoms with E-state index in [1.165, 1.54) is 21.5 Å². The molecule has 1 heterocycles. The smallest absolute Gasteiger partial charge is 0.138 e. The summed E-state index contributed by atoms with van der Waals surface area (Å²) in [4.78, 5) is 0. The fourth-order valence-electron chi connectivity index (χ4n) is 2.16. The summed E-state index contributed by atoms with van der Waals surface area (Å²) < 4.78 is 6.01. The normalized spacial score (nSPS) is 11.4. The number of para-hydroxylation sites is 2. The summed E-state index contributed by atoms with van der Waals surface area (Å²) in [6, 6.07) is 12.7. The van der Waals surface area contributed by atoms with Gasteiger partial charge in [-0.25, -0.2) is 0 Å². The zero-order valence-electron chi connectivity index (χ0n) is 9.37. The molecule has 0 aliphatic carbocycles. The van der Waals surface area contributed by atoms with Crippen molar-refractivity contribution in [1.29, 1.82) is 0 Å². The van der Waals surface area contributed by atoms with Crippen LogP contribution in [0.5, 0.6) is 0 Å². The number of benzene rings is 2. The molecule has 0 fully saturated rings. The van der Waals surface area contributed by atoms with E-state index in [9.17, 15) is 0 Å². The molecular formula is C14H12OSi. The maximum absolute atomic E-state index is 6.01. The minimum atomic E-state index is 0.772. The van der Waals surface area contributed by atoms with E-state index >= 15 is 0 Å². The van der Waals surface area contributed by atoms with Gasteiger partial charge in [0.2, 0.25) is 0 Å². The third-order valence-corrected chi connectivity index (χ3v) is 3.92. The van der Waals surface area contributed by atoms with Gasteiger partial charge < -0.3 is 4.42 Å². The van der Waals surface area contributed by atoms with Crippen molar-refractivity contribution in [3.05, 3.63) is 42.0 Å². The van der Waals surface area contributed by atoms with Crippen LogP contribution in [0.1, 0.15) is 5.56 Å². The summed E-state index contributed by atoms with van der Waals surface area (Å²) in [5.74, 6) is 0. The molecule has 0 saturated heterocycles. The molecule has 78 valence electrons. The minimum absolute atomic E-state index is 0.772. The van der Waals surface area contributed by atoms with Crippen molar-refractivity contribution in [3.63, 3.8) is 0 Å². The first-order chi connectivity index (χ1) is 7.81. The lowest BCUT2D eigenvalue weighted by Gasteiger charge is -1.95. The molecule has 0 unspecified atom stereocenters. The summed E-state index contributed by atoms with van der Waals surface area (Å²) in [6.45, 7) is 4.29. The van der Waals surface area contributed by atoms with Crippen molar-refractivity contribution in [1.82, 2.24) is 0 Å². The Morgan fingerprint density at radius 1 is 0.938 bits per heavy atom. The first-order valence-electron chi connectivity index (χ1n) is 5.40. The van der Waals surface area contributed by atoms with Crippen LogP contribution in [0.15, 0.2) is 40.8 Å². The summed E-state index contributed by atoms with van der Waals surface area (Å²) >= 11 is 0. The monoisotopic (exact) mass is 224 g/mol. The summed E-state index contributed by atoms with van der Waals surface area (Å²) in [6.07, 6.45) is 0. The molecule has 0 amide bonds. The second kappa shape index (κ2) is 3.49. The number of hydrogen-bond donors (Lipinski definition) is 0. The average molecular weight is 224 g/mol. The summed E-state index contributed by atoms with van der Waals surface area (Å²) in [5, 5.41) is 3.79. The van der Waals surface area contributed by atoms with Gasteiger partial charge in [-0.1, -0.05) is 42.9 Å². The predicted molar refractivity (Wildman–Crippen MR) is 69.7 cm³/mol. The van der Waals surface area contributed by atoms with E-state index in [-0.39, 0.29) is 0 Å². The van der Waals surface area contributed by atoms with Crippen LogP contribution in [0.25, 0.3) is 21.9 Å². The molecule has 0 saturated carbocycles.